The van der Waals surface area contributed by atoms with Crippen LogP contribution in [0.25, 0.3) is 0 Å². The molecule has 0 heterocycles. The van der Waals surface area contributed by atoms with E-state index >= 15 is 0 Å². The first-order valence-electron chi connectivity index (χ1n) is 5.55. The highest BCUT2D eigenvalue weighted by atomic mass is 32.2. The van der Waals surface area contributed by atoms with Crippen LogP contribution in [0.3, 0.4) is 0 Å². The van der Waals surface area contributed by atoms with Crippen molar-refractivity contribution in [2.45, 2.75) is 36.9 Å². The maximum Gasteiger partial charge on any atom is 0.140 e. The molecule has 0 saturated heterocycles. The Balaban J connectivity index is 2.79. The van der Waals surface area contributed by atoms with Gasteiger partial charge in [0.2, 0.25) is 0 Å². The fourth-order valence-corrected chi connectivity index (χ4v) is 1.59. The van der Waals surface area contributed by atoms with Crippen molar-refractivity contribution in [3.63, 3.8) is 0 Å². The molecule has 2 atom stereocenters. The lowest BCUT2D eigenvalue weighted by Gasteiger charge is -2.13. The van der Waals surface area contributed by atoms with Gasteiger partial charge in [0, 0.05) is 4.90 Å². The van der Waals surface area contributed by atoms with E-state index in [2.05, 4.69) is 11.8 Å². The van der Waals surface area contributed by atoms with Gasteiger partial charge in [-0.15, -0.1) is 11.8 Å². The molecule has 1 aromatic rings. The lowest BCUT2D eigenvalue weighted by atomic mass is 10.0. The Labute approximate surface area is 107 Å². The molecule has 0 aliphatic heterocycles. The predicted octanol–water partition coefficient (Wildman–Crippen LogP) is 2.61. The summed E-state index contributed by atoms with van der Waals surface area (Å²) in [5.41, 5.74) is -0.276. The summed E-state index contributed by atoms with van der Waals surface area (Å²) in [4.78, 5) is 1.15. The van der Waals surface area contributed by atoms with E-state index < -0.39 is 11.7 Å². The van der Waals surface area contributed by atoms with Gasteiger partial charge < -0.3 is 10.2 Å². The van der Waals surface area contributed by atoms with E-state index in [9.17, 15) is 10.2 Å². The summed E-state index contributed by atoms with van der Waals surface area (Å²) < 4.78 is 0. The lowest BCUT2D eigenvalue weighted by Crippen LogP contribution is -2.19. The molecule has 0 bridgehead atoms. The molecule has 17 heavy (non-hydrogen) atoms. The Hall–Kier alpha value is -0.950. The van der Waals surface area contributed by atoms with Crippen LogP contribution in [0.1, 0.15) is 31.9 Å². The van der Waals surface area contributed by atoms with E-state index in [1.807, 2.05) is 37.4 Å². The molecule has 2 N–H and O–H groups in total. The first kappa shape index (κ1) is 14.1. The zero-order chi connectivity index (χ0) is 12.9. The highest BCUT2D eigenvalue weighted by Gasteiger charge is 2.13. The van der Waals surface area contributed by atoms with E-state index in [4.69, 9.17) is 0 Å². The molecular weight excluding hydrogens is 232 g/mol. The minimum absolute atomic E-state index is 0.540. The van der Waals surface area contributed by atoms with Crippen molar-refractivity contribution < 1.29 is 10.2 Å². The molecule has 2 unspecified atom stereocenters. The molecule has 0 fully saturated rings. The lowest BCUT2D eigenvalue weighted by molar-refractivity contribution is 0.117. The average Bonchev–Trinajstić information content (AvgIpc) is 2.36. The average molecular weight is 250 g/mol. The molecule has 0 amide bonds. The van der Waals surface area contributed by atoms with Crippen LogP contribution >= 0.6 is 11.8 Å². The number of benzene rings is 1. The molecule has 2 nitrogen and oxygen atoms in total. The van der Waals surface area contributed by atoms with Crippen LogP contribution in [0, 0.1) is 11.8 Å². The number of thioether (sulfide) groups is 1. The van der Waals surface area contributed by atoms with Gasteiger partial charge in [-0.3, -0.25) is 0 Å². The zero-order valence-corrected chi connectivity index (χ0v) is 11.2. The van der Waals surface area contributed by atoms with Gasteiger partial charge in [-0.25, -0.2) is 0 Å². The summed E-state index contributed by atoms with van der Waals surface area (Å²) in [5.74, 6) is 5.36. The minimum atomic E-state index is -1.03. The second kappa shape index (κ2) is 6.11. The molecule has 0 aliphatic carbocycles. The van der Waals surface area contributed by atoms with Crippen LogP contribution in [-0.2, 0) is 0 Å². The largest absolute Gasteiger partial charge is 0.378 e. The molecule has 0 saturated carbocycles. The van der Waals surface area contributed by atoms with E-state index in [0.717, 1.165) is 10.5 Å². The van der Waals surface area contributed by atoms with Gasteiger partial charge in [0.15, 0.2) is 0 Å². The summed E-state index contributed by atoms with van der Waals surface area (Å²) in [6, 6.07) is 7.60. The highest BCUT2D eigenvalue weighted by molar-refractivity contribution is 7.98. The van der Waals surface area contributed by atoms with E-state index in [-0.39, 0.29) is 0 Å². The third-order valence-corrected chi connectivity index (χ3v) is 3.34. The third kappa shape index (κ3) is 4.43. The zero-order valence-electron chi connectivity index (χ0n) is 10.4. The van der Waals surface area contributed by atoms with Crippen LogP contribution in [0.5, 0.6) is 0 Å². The summed E-state index contributed by atoms with van der Waals surface area (Å²) >= 11 is 1.65. The molecule has 0 spiro atoms. The first-order chi connectivity index (χ1) is 7.98. The Kier molecular flexibility index (Phi) is 5.07. The maximum absolute atomic E-state index is 9.85. The SMILES string of the molecule is CCC(C)(O)C#CC(O)c1ccc(SC)cc1. The van der Waals surface area contributed by atoms with Crippen LogP contribution in [-0.4, -0.2) is 22.1 Å². The van der Waals surface area contributed by atoms with Crippen LogP contribution in [0.4, 0.5) is 0 Å². The molecule has 0 aromatic heterocycles. The molecular formula is C14H18O2S. The Bertz CT molecular complexity index is 412. The second-order valence-electron chi connectivity index (χ2n) is 4.07. The van der Waals surface area contributed by atoms with Gasteiger partial charge in [-0.2, -0.15) is 0 Å². The summed E-state index contributed by atoms with van der Waals surface area (Å²) in [6.45, 7) is 3.50. The summed E-state index contributed by atoms with van der Waals surface area (Å²) in [5, 5.41) is 19.6. The Morgan fingerprint density at radius 3 is 2.41 bits per heavy atom. The van der Waals surface area contributed by atoms with Crippen LogP contribution in [0.2, 0.25) is 0 Å². The highest BCUT2D eigenvalue weighted by Crippen LogP contribution is 2.19. The molecule has 1 rings (SSSR count). The van der Waals surface area contributed by atoms with Crippen molar-refractivity contribution >= 4 is 11.8 Å². The third-order valence-electron chi connectivity index (χ3n) is 2.60. The molecule has 1 aromatic carbocycles. The fraction of sp³-hybridized carbons (Fsp3) is 0.429. The van der Waals surface area contributed by atoms with E-state index in [0.29, 0.717) is 6.42 Å². The van der Waals surface area contributed by atoms with Gasteiger partial charge >= 0.3 is 0 Å². The summed E-state index contributed by atoms with van der Waals surface area (Å²) in [7, 11) is 0. The normalized spacial score (nSPS) is 15.6. The van der Waals surface area contributed by atoms with Gasteiger partial charge in [-0.05, 0) is 37.3 Å². The van der Waals surface area contributed by atoms with Crippen molar-refractivity contribution in [2.24, 2.45) is 0 Å². The van der Waals surface area contributed by atoms with Crippen LogP contribution < -0.4 is 0 Å². The molecule has 0 radical (unpaired) electrons. The second-order valence-corrected chi connectivity index (χ2v) is 4.95. The van der Waals surface area contributed by atoms with Gasteiger partial charge in [-0.1, -0.05) is 30.9 Å². The van der Waals surface area contributed by atoms with Crippen molar-refractivity contribution in [3.8, 4) is 11.8 Å². The van der Waals surface area contributed by atoms with E-state index in [1.165, 1.54) is 0 Å². The van der Waals surface area contributed by atoms with Crippen molar-refractivity contribution in [1.29, 1.82) is 0 Å². The first-order valence-corrected chi connectivity index (χ1v) is 6.78. The molecule has 3 heteroatoms. The van der Waals surface area contributed by atoms with Crippen LogP contribution in [0.15, 0.2) is 29.2 Å². The van der Waals surface area contributed by atoms with Crippen molar-refractivity contribution in [2.75, 3.05) is 6.26 Å². The van der Waals surface area contributed by atoms with Gasteiger partial charge in [0.1, 0.15) is 11.7 Å². The number of aliphatic hydroxyl groups is 2. The van der Waals surface area contributed by atoms with E-state index in [1.54, 1.807) is 18.7 Å². The number of aliphatic hydroxyl groups excluding tert-OH is 1. The number of hydrogen-bond donors (Lipinski definition) is 2. The molecule has 92 valence electrons. The minimum Gasteiger partial charge on any atom is -0.378 e. The smallest absolute Gasteiger partial charge is 0.140 e. The van der Waals surface area contributed by atoms with Crippen molar-refractivity contribution in [3.05, 3.63) is 29.8 Å². The van der Waals surface area contributed by atoms with Gasteiger partial charge in [0.25, 0.3) is 0 Å². The maximum atomic E-state index is 9.85. The topological polar surface area (TPSA) is 40.5 Å². The van der Waals surface area contributed by atoms with Crippen molar-refractivity contribution in [1.82, 2.24) is 0 Å². The quantitative estimate of drug-likeness (QED) is 0.640. The Morgan fingerprint density at radius 1 is 1.35 bits per heavy atom. The number of rotatable bonds is 3. The predicted molar refractivity (Wildman–Crippen MR) is 71.9 cm³/mol. The molecule has 0 aliphatic rings. The monoisotopic (exact) mass is 250 g/mol. The standard InChI is InChI=1S/C14H18O2S/c1-4-14(2,16)10-9-13(15)11-5-7-12(17-3)8-6-11/h5-8,13,15-16H,4H2,1-3H3. The summed E-state index contributed by atoms with van der Waals surface area (Å²) in [6.07, 6.45) is 1.70. The fourth-order valence-electron chi connectivity index (χ4n) is 1.18. The Morgan fingerprint density at radius 2 is 1.94 bits per heavy atom. The number of hydrogen-bond acceptors (Lipinski definition) is 3. The van der Waals surface area contributed by atoms with Gasteiger partial charge in [0.05, 0.1) is 0 Å².